The van der Waals surface area contributed by atoms with Gasteiger partial charge in [-0.05, 0) is 38.3 Å². The largest absolute Gasteiger partial charge is 0.474 e. The summed E-state index contributed by atoms with van der Waals surface area (Å²) in [5, 5.41) is 16.1. The number of imide groups is 1. The van der Waals surface area contributed by atoms with Crippen molar-refractivity contribution in [1.82, 2.24) is 10.6 Å². The highest BCUT2D eigenvalue weighted by atomic mass is 16.6. The van der Waals surface area contributed by atoms with Gasteiger partial charge in [0.25, 0.3) is 5.91 Å². The van der Waals surface area contributed by atoms with E-state index in [0.29, 0.717) is 5.56 Å². The summed E-state index contributed by atoms with van der Waals surface area (Å²) < 4.78 is 5.38. The smallest absolute Gasteiger partial charge is 0.321 e. The first kappa shape index (κ1) is 18.7. The number of rotatable bonds is 5. The van der Waals surface area contributed by atoms with Gasteiger partial charge in [0.05, 0.1) is 4.92 Å². The van der Waals surface area contributed by atoms with Gasteiger partial charge in [0, 0.05) is 12.1 Å². The van der Waals surface area contributed by atoms with Crippen molar-refractivity contribution in [3.8, 4) is 5.75 Å². The molecule has 1 aromatic carbocycles. The van der Waals surface area contributed by atoms with Crippen molar-refractivity contribution in [3.05, 3.63) is 33.9 Å². The average molecular weight is 349 g/mol. The maximum absolute atomic E-state index is 12.1. The molecule has 1 saturated carbocycles. The van der Waals surface area contributed by atoms with E-state index in [1.807, 2.05) is 0 Å². The Kier molecular flexibility index (Phi) is 6.32. The molecule has 0 aliphatic heterocycles. The molecule has 0 heterocycles. The molecule has 0 aromatic heterocycles. The molecule has 1 atom stereocenters. The minimum atomic E-state index is -1.04. The normalized spacial score (nSPS) is 15.9. The van der Waals surface area contributed by atoms with Crippen molar-refractivity contribution in [2.24, 2.45) is 0 Å². The molecular formula is C17H23N3O5. The first-order valence-electron chi connectivity index (χ1n) is 8.40. The lowest BCUT2D eigenvalue weighted by molar-refractivity contribution is -0.386. The quantitative estimate of drug-likeness (QED) is 0.627. The summed E-state index contributed by atoms with van der Waals surface area (Å²) in [5.41, 5.74) is 0.495. The molecule has 25 heavy (non-hydrogen) atoms. The van der Waals surface area contributed by atoms with E-state index in [-0.39, 0.29) is 17.5 Å². The third-order valence-electron chi connectivity index (χ3n) is 4.16. The van der Waals surface area contributed by atoms with Gasteiger partial charge in [-0.1, -0.05) is 25.3 Å². The molecule has 8 nitrogen and oxygen atoms in total. The van der Waals surface area contributed by atoms with E-state index in [1.54, 1.807) is 13.0 Å². The topological polar surface area (TPSA) is 111 Å². The molecular weight excluding hydrogens is 326 g/mol. The summed E-state index contributed by atoms with van der Waals surface area (Å²) in [6.45, 7) is 3.16. The van der Waals surface area contributed by atoms with Crippen LogP contribution >= 0.6 is 0 Å². The van der Waals surface area contributed by atoms with Crippen LogP contribution in [0, 0.1) is 17.0 Å². The summed E-state index contributed by atoms with van der Waals surface area (Å²) >= 11 is 0. The minimum absolute atomic E-state index is 0.00839. The highest BCUT2D eigenvalue weighted by Crippen LogP contribution is 2.28. The van der Waals surface area contributed by atoms with Gasteiger partial charge in [-0.15, -0.1) is 0 Å². The number of nitro groups is 1. The van der Waals surface area contributed by atoms with Crippen LogP contribution in [0.5, 0.6) is 5.75 Å². The van der Waals surface area contributed by atoms with Crippen molar-refractivity contribution in [1.29, 1.82) is 0 Å². The van der Waals surface area contributed by atoms with Gasteiger partial charge in [0.2, 0.25) is 0 Å². The summed E-state index contributed by atoms with van der Waals surface area (Å²) in [5.74, 6) is -0.658. The number of nitrogens with one attached hydrogen (secondary N) is 2. The van der Waals surface area contributed by atoms with Crippen LogP contribution in [-0.4, -0.2) is 29.0 Å². The Bertz CT molecular complexity index is 656. The van der Waals surface area contributed by atoms with E-state index >= 15 is 0 Å². The zero-order valence-electron chi connectivity index (χ0n) is 14.4. The van der Waals surface area contributed by atoms with Crippen LogP contribution in [0.15, 0.2) is 18.2 Å². The fraction of sp³-hybridized carbons (Fsp3) is 0.529. The standard InChI is InChI=1S/C17H23N3O5/c1-11-8-9-15(14(10-11)20(23)24)25-12(2)16(21)19-17(22)18-13-6-4-3-5-7-13/h8-10,12-13H,3-7H2,1-2H3,(H2,18,19,21,22)/t12-/m0/s1. The summed E-state index contributed by atoms with van der Waals surface area (Å²) in [7, 11) is 0. The second kappa shape index (κ2) is 8.46. The van der Waals surface area contributed by atoms with Crippen molar-refractivity contribution in [2.75, 3.05) is 0 Å². The molecule has 1 fully saturated rings. The molecule has 2 N–H and O–H groups in total. The Morgan fingerprint density at radius 3 is 2.60 bits per heavy atom. The molecule has 136 valence electrons. The van der Waals surface area contributed by atoms with E-state index in [9.17, 15) is 19.7 Å². The van der Waals surface area contributed by atoms with E-state index in [0.717, 1.165) is 25.7 Å². The molecule has 0 spiro atoms. The second-order valence-corrected chi connectivity index (χ2v) is 6.29. The van der Waals surface area contributed by atoms with E-state index in [2.05, 4.69) is 10.6 Å². The van der Waals surface area contributed by atoms with Crippen molar-refractivity contribution < 1.29 is 19.2 Å². The van der Waals surface area contributed by atoms with Gasteiger partial charge in [0.15, 0.2) is 11.9 Å². The minimum Gasteiger partial charge on any atom is -0.474 e. The molecule has 0 unspecified atom stereocenters. The third-order valence-corrected chi connectivity index (χ3v) is 4.16. The number of urea groups is 1. The van der Waals surface area contributed by atoms with Gasteiger partial charge in [-0.2, -0.15) is 0 Å². The van der Waals surface area contributed by atoms with E-state index in [1.165, 1.54) is 25.5 Å². The molecule has 3 amide bonds. The van der Waals surface area contributed by atoms with Crippen LogP contribution in [0.25, 0.3) is 0 Å². The Morgan fingerprint density at radius 1 is 1.28 bits per heavy atom. The molecule has 1 aliphatic rings. The molecule has 0 radical (unpaired) electrons. The van der Waals surface area contributed by atoms with Crippen LogP contribution in [0.3, 0.4) is 0 Å². The Labute approximate surface area is 146 Å². The predicted molar refractivity (Wildman–Crippen MR) is 91.5 cm³/mol. The first-order chi connectivity index (χ1) is 11.9. The summed E-state index contributed by atoms with van der Waals surface area (Å²) in [6, 6.07) is 3.99. The van der Waals surface area contributed by atoms with Crippen molar-refractivity contribution in [3.63, 3.8) is 0 Å². The highest BCUT2D eigenvalue weighted by molar-refractivity contribution is 5.96. The average Bonchev–Trinajstić information content (AvgIpc) is 2.56. The number of nitrogens with zero attached hydrogens (tertiary/aromatic N) is 1. The number of carbonyl (C=O) groups is 2. The fourth-order valence-electron chi connectivity index (χ4n) is 2.80. The lowest BCUT2D eigenvalue weighted by Crippen LogP contribution is -2.48. The van der Waals surface area contributed by atoms with Crippen molar-refractivity contribution in [2.45, 2.75) is 58.1 Å². The van der Waals surface area contributed by atoms with Crippen LogP contribution < -0.4 is 15.4 Å². The number of carbonyl (C=O) groups excluding carboxylic acids is 2. The number of hydrogen-bond acceptors (Lipinski definition) is 5. The fourth-order valence-corrected chi connectivity index (χ4v) is 2.80. The molecule has 0 saturated heterocycles. The Morgan fingerprint density at radius 2 is 1.96 bits per heavy atom. The molecule has 2 rings (SSSR count). The number of ether oxygens (including phenoxy) is 1. The lowest BCUT2D eigenvalue weighted by atomic mass is 9.96. The molecule has 0 bridgehead atoms. The number of nitro benzene ring substituents is 1. The van der Waals surface area contributed by atoms with Gasteiger partial charge in [-0.25, -0.2) is 4.79 Å². The van der Waals surface area contributed by atoms with Crippen LogP contribution in [-0.2, 0) is 4.79 Å². The van der Waals surface area contributed by atoms with E-state index in [4.69, 9.17) is 4.74 Å². The summed E-state index contributed by atoms with van der Waals surface area (Å²) in [4.78, 5) is 34.5. The maximum atomic E-state index is 12.1. The number of hydrogen-bond donors (Lipinski definition) is 2. The van der Waals surface area contributed by atoms with Crippen LogP contribution in [0.4, 0.5) is 10.5 Å². The van der Waals surface area contributed by atoms with Crippen LogP contribution in [0.2, 0.25) is 0 Å². The summed E-state index contributed by atoms with van der Waals surface area (Å²) in [6.07, 6.45) is 4.06. The van der Waals surface area contributed by atoms with Gasteiger partial charge >= 0.3 is 11.7 Å². The molecule has 8 heteroatoms. The zero-order chi connectivity index (χ0) is 18.4. The highest BCUT2D eigenvalue weighted by Gasteiger charge is 2.23. The maximum Gasteiger partial charge on any atom is 0.321 e. The SMILES string of the molecule is Cc1ccc(O[C@@H](C)C(=O)NC(=O)NC2CCCCC2)c([N+](=O)[O-])c1. The predicted octanol–water partition coefficient (Wildman–Crippen LogP) is 2.83. The number of aryl methyl sites for hydroxylation is 1. The molecule has 1 aromatic rings. The van der Waals surface area contributed by atoms with Crippen LogP contribution in [0.1, 0.15) is 44.6 Å². The van der Waals surface area contributed by atoms with Gasteiger partial charge in [0.1, 0.15) is 0 Å². The number of amides is 3. The lowest BCUT2D eigenvalue weighted by Gasteiger charge is -2.23. The Balaban J connectivity index is 1.91. The molecule has 1 aliphatic carbocycles. The number of benzene rings is 1. The monoisotopic (exact) mass is 349 g/mol. The Hall–Kier alpha value is -2.64. The van der Waals surface area contributed by atoms with Gasteiger partial charge in [-0.3, -0.25) is 20.2 Å². The third kappa shape index (κ3) is 5.44. The second-order valence-electron chi connectivity index (χ2n) is 6.29. The van der Waals surface area contributed by atoms with E-state index < -0.39 is 23.0 Å². The zero-order valence-corrected chi connectivity index (χ0v) is 14.4. The van der Waals surface area contributed by atoms with Crippen molar-refractivity contribution >= 4 is 17.6 Å². The van der Waals surface area contributed by atoms with Gasteiger partial charge < -0.3 is 10.1 Å². The first-order valence-corrected chi connectivity index (χ1v) is 8.40.